The molecule has 6 nitrogen and oxygen atoms in total. The van der Waals surface area contributed by atoms with E-state index in [1.807, 2.05) is 24.3 Å². The summed E-state index contributed by atoms with van der Waals surface area (Å²) in [4.78, 5) is 26.8. The smallest absolute Gasteiger partial charge is 0.355 e. The number of fused-ring (bicyclic) bond motifs is 1. The van der Waals surface area contributed by atoms with Crippen LogP contribution < -0.4 is 0 Å². The molecule has 136 valence electrons. The summed E-state index contributed by atoms with van der Waals surface area (Å²) in [5.74, 6) is -0.790. The van der Waals surface area contributed by atoms with Crippen molar-refractivity contribution in [3.63, 3.8) is 0 Å². The van der Waals surface area contributed by atoms with Crippen molar-refractivity contribution in [1.29, 1.82) is 0 Å². The molecule has 0 radical (unpaired) electrons. The number of aromatic amines is 1. The molecule has 25 heavy (non-hydrogen) atoms. The van der Waals surface area contributed by atoms with Gasteiger partial charge in [-0.15, -0.1) is 0 Å². The summed E-state index contributed by atoms with van der Waals surface area (Å²) in [6, 6.07) is 6.77. The van der Waals surface area contributed by atoms with Crippen molar-refractivity contribution in [2.24, 2.45) is 0 Å². The maximum Gasteiger partial charge on any atom is 0.355 e. The van der Waals surface area contributed by atoms with Crippen LogP contribution in [0.1, 0.15) is 68.4 Å². The molecule has 0 aliphatic carbocycles. The third kappa shape index (κ3) is 4.18. The van der Waals surface area contributed by atoms with E-state index in [2.05, 4.69) is 11.9 Å². The van der Waals surface area contributed by atoms with Crippen LogP contribution in [0.5, 0.6) is 0 Å². The average molecular weight is 346 g/mol. The van der Waals surface area contributed by atoms with E-state index in [0.29, 0.717) is 17.7 Å². The first-order valence-electron chi connectivity index (χ1n) is 8.92. The van der Waals surface area contributed by atoms with Crippen molar-refractivity contribution in [2.75, 3.05) is 6.61 Å². The number of rotatable bonds is 9. The van der Waals surface area contributed by atoms with Crippen molar-refractivity contribution in [3.8, 4) is 0 Å². The van der Waals surface area contributed by atoms with Crippen LogP contribution in [-0.2, 0) is 4.74 Å². The van der Waals surface area contributed by atoms with Gasteiger partial charge in [-0.05, 0) is 19.4 Å². The van der Waals surface area contributed by atoms with Gasteiger partial charge in [0.2, 0.25) is 6.04 Å². The molecule has 2 unspecified atom stereocenters. The van der Waals surface area contributed by atoms with Crippen molar-refractivity contribution in [2.45, 2.75) is 58.4 Å². The largest absolute Gasteiger partial charge is 0.461 e. The maximum absolute atomic E-state index is 12.4. The Bertz CT molecular complexity index is 738. The quantitative estimate of drug-likeness (QED) is 0.309. The molecule has 1 aromatic carbocycles. The predicted molar refractivity (Wildman–Crippen MR) is 97.6 cm³/mol. The fourth-order valence-electron chi connectivity index (χ4n) is 3.30. The first-order chi connectivity index (χ1) is 12.0. The molecule has 1 aromatic heterocycles. The number of nitrogens with one attached hydrogen (secondary N) is 1. The Balaban J connectivity index is 2.56. The van der Waals surface area contributed by atoms with Crippen molar-refractivity contribution < 1.29 is 14.5 Å². The maximum atomic E-state index is 12.4. The van der Waals surface area contributed by atoms with Crippen LogP contribution in [-0.4, -0.2) is 28.5 Å². The van der Waals surface area contributed by atoms with Gasteiger partial charge in [-0.1, -0.05) is 44.4 Å². The lowest BCUT2D eigenvalue weighted by atomic mass is 9.85. The summed E-state index contributed by atoms with van der Waals surface area (Å²) < 4.78 is 5.17. The topological polar surface area (TPSA) is 85.2 Å². The average Bonchev–Trinajstić information content (AvgIpc) is 2.98. The van der Waals surface area contributed by atoms with Gasteiger partial charge in [0.05, 0.1) is 12.5 Å². The molecule has 0 saturated heterocycles. The minimum Gasteiger partial charge on any atom is -0.461 e. The SMILES string of the molecule is CCCCCC(c1c(C(=O)OCC)[nH]c2ccccc12)C(C)[N+](=O)[O-]. The van der Waals surface area contributed by atoms with Crippen LogP contribution in [0.4, 0.5) is 0 Å². The monoisotopic (exact) mass is 346 g/mol. The lowest BCUT2D eigenvalue weighted by molar-refractivity contribution is -0.522. The minimum atomic E-state index is -0.774. The molecule has 1 heterocycles. The number of benzene rings is 1. The second kappa shape index (κ2) is 8.65. The number of nitro groups is 1. The Labute approximate surface area is 147 Å². The highest BCUT2D eigenvalue weighted by molar-refractivity contribution is 5.98. The van der Waals surface area contributed by atoms with E-state index in [4.69, 9.17) is 4.74 Å². The van der Waals surface area contributed by atoms with Crippen molar-refractivity contribution in [3.05, 3.63) is 45.6 Å². The number of unbranched alkanes of at least 4 members (excludes halogenated alkanes) is 2. The second-order valence-corrected chi connectivity index (χ2v) is 6.31. The number of para-hydroxylation sites is 1. The number of aromatic nitrogens is 1. The van der Waals surface area contributed by atoms with Gasteiger partial charge in [0.15, 0.2) is 0 Å². The summed E-state index contributed by atoms with van der Waals surface area (Å²) in [6.07, 6.45) is 3.61. The van der Waals surface area contributed by atoms with Crippen LogP contribution in [0.25, 0.3) is 10.9 Å². The third-order valence-electron chi connectivity index (χ3n) is 4.63. The van der Waals surface area contributed by atoms with Gasteiger partial charge in [0.25, 0.3) is 0 Å². The molecule has 2 atom stereocenters. The van der Waals surface area contributed by atoms with E-state index in [9.17, 15) is 14.9 Å². The van der Waals surface area contributed by atoms with Gasteiger partial charge in [0.1, 0.15) is 5.69 Å². The van der Waals surface area contributed by atoms with E-state index in [1.165, 1.54) is 0 Å². The molecule has 0 spiro atoms. The first kappa shape index (κ1) is 19.0. The number of carbonyl (C=O) groups is 1. The summed E-state index contributed by atoms with van der Waals surface area (Å²) in [7, 11) is 0. The van der Waals surface area contributed by atoms with E-state index < -0.39 is 12.0 Å². The van der Waals surface area contributed by atoms with Gasteiger partial charge in [-0.2, -0.15) is 0 Å². The van der Waals surface area contributed by atoms with Crippen LogP contribution in [0.15, 0.2) is 24.3 Å². The number of hydrogen-bond acceptors (Lipinski definition) is 4. The zero-order valence-corrected chi connectivity index (χ0v) is 15.1. The molecular formula is C19H26N2O4. The number of carbonyl (C=O) groups excluding carboxylic acids is 1. The van der Waals surface area contributed by atoms with Crippen LogP contribution >= 0.6 is 0 Å². The Hall–Kier alpha value is -2.37. The number of H-pyrrole nitrogens is 1. The highest BCUT2D eigenvalue weighted by atomic mass is 16.6. The summed E-state index contributed by atoms with van der Waals surface area (Å²) in [6.45, 7) is 5.73. The zero-order valence-electron chi connectivity index (χ0n) is 15.1. The molecule has 6 heteroatoms. The normalized spacial score (nSPS) is 13.6. The van der Waals surface area contributed by atoms with Gasteiger partial charge >= 0.3 is 5.97 Å². The molecule has 0 aliphatic rings. The van der Waals surface area contributed by atoms with Gasteiger partial charge in [0, 0.05) is 28.3 Å². The predicted octanol–water partition coefficient (Wildman–Crippen LogP) is 4.67. The molecule has 0 amide bonds. The Kier molecular flexibility index (Phi) is 6.56. The van der Waals surface area contributed by atoms with Crippen LogP contribution in [0.3, 0.4) is 0 Å². The van der Waals surface area contributed by atoms with E-state index >= 15 is 0 Å². The first-order valence-corrected chi connectivity index (χ1v) is 8.92. The lowest BCUT2D eigenvalue weighted by Crippen LogP contribution is -2.26. The molecule has 0 aliphatic heterocycles. The number of nitrogens with zero attached hydrogens (tertiary/aromatic N) is 1. The zero-order chi connectivity index (χ0) is 18.4. The minimum absolute atomic E-state index is 0.257. The highest BCUT2D eigenvalue weighted by Gasteiger charge is 2.34. The van der Waals surface area contributed by atoms with Crippen molar-refractivity contribution in [1.82, 2.24) is 4.98 Å². The summed E-state index contributed by atoms with van der Waals surface area (Å²) in [5, 5.41) is 12.4. The molecule has 0 saturated carbocycles. The number of hydrogen-bond donors (Lipinski definition) is 1. The molecular weight excluding hydrogens is 320 g/mol. The third-order valence-corrected chi connectivity index (χ3v) is 4.63. The van der Waals surface area contributed by atoms with E-state index in [-0.39, 0.29) is 17.4 Å². The van der Waals surface area contributed by atoms with Gasteiger partial charge < -0.3 is 9.72 Å². The lowest BCUT2D eigenvalue weighted by Gasteiger charge is -2.19. The molecule has 1 N–H and O–H groups in total. The Morgan fingerprint density at radius 2 is 2.00 bits per heavy atom. The molecule has 0 bridgehead atoms. The van der Waals surface area contributed by atoms with Gasteiger partial charge in [-0.25, -0.2) is 4.79 Å². The Morgan fingerprint density at radius 1 is 1.28 bits per heavy atom. The molecule has 2 aromatic rings. The number of esters is 1. The van der Waals surface area contributed by atoms with Crippen molar-refractivity contribution >= 4 is 16.9 Å². The fourth-order valence-corrected chi connectivity index (χ4v) is 3.30. The second-order valence-electron chi connectivity index (χ2n) is 6.31. The van der Waals surface area contributed by atoms with E-state index in [0.717, 1.165) is 30.2 Å². The summed E-state index contributed by atoms with van der Waals surface area (Å²) in [5.41, 5.74) is 1.86. The van der Waals surface area contributed by atoms with Crippen LogP contribution in [0.2, 0.25) is 0 Å². The standard InChI is InChI=1S/C19H26N2O4/c1-4-6-7-10-14(13(3)21(23)24)17-15-11-8-9-12-16(15)20-18(17)19(22)25-5-2/h8-9,11-14,20H,4-7,10H2,1-3H3. The Morgan fingerprint density at radius 3 is 2.64 bits per heavy atom. The van der Waals surface area contributed by atoms with Gasteiger partial charge in [-0.3, -0.25) is 10.1 Å². The highest BCUT2D eigenvalue weighted by Crippen LogP contribution is 2.36. The van der Waals surface area contributed by atoms with Crippen LogP contribution in [0, 0.1) is 10.1 Å². The number of ether oxygens (including phenoxy) is 1. The molecule has 2 rings (SSSR count). The van der Waals surface area contributed by atoms with E-state index in [1.54, 1.807) is 13.8 Å². The fraction of sp³-hybridized carbons (Fsp3) is 0.526. The molecule has 0 fully saturated rings. The summed E-state index contributed by atoms with van der Waals surface area (Å²) >= 11 is 0.